The van der Waals surface area contributed by atoms with Crippen LogP contribution >= 0.6 is 11.6 Å². The van der Waals surface area contributed by atoms with Gasteiger partial charge in [-0.15, -0.1) is 0 Å². The van der Waals surface area contributed by atoms with Crippen LogP contribution in [0.3, 0.4) is 0 Å². The number of nitrogens with zero attached hydrogens (tertiary/aromatic N) is 2. The summed E-state index contributed by atoms with van der Waals surface area (Å²) in [6.07, 6.45) is 9.35. The van der Waals surface area contributed by atoms with Crippen molar-refractivity contribution in [2.75, 3.05) is 0 Å². The first-order chi connectivity index (χ1) is 7.74. The van der Waals surface area contributed by atoms with Gasteiger partial charge in [0.1, 0.15) is 11.0 Å². The molecule has 1 aromatic heterocycles. The van der Waals surface area contributed by atoms with Crippen LogP contribution in [0.2, 0.25) is 5.15 Å². The average Bonchev–Trinajstić information content (AvgIpc) is 2.27. The summed E-state index contributed by atoms with van der Waals surface area (Å²) >= 11 is 5.92. The van der Waals surface area contributed by atoms with Crippen molar-refractivity contribution in [3.05, 3.63) is 22.7 Å². The molecule has 1 aliphatic carbocycles. The molecule has 2 rings (SSSR count). The largest absolute Gasteiger partial charge is 0.238 e. The highest BCUT2D eigenvalue weighted by Crippen LogP contribution is 2.27. The molecule has 0 unspecified atom stereocenters. The van der Waals surface area contributed by atoms with E-state index in [4.69, 9.17) is 11.6 Å². The van der Waals surface area contributed by atoms with Gasteiger partial charge in [0, 0.05) is 5.69 Å². The van der Waals surface area contributed by atoms with Crippen LogP contribution in [0.1, 0.15) is 50.0 Å². The zero-order valence-corrected chi connectivity index (χ0v) is 10.6. The van der Waals surface area contributed by atoms with E-state index in [1.807, 2.05) is 13.0 Å². The lowest BCUT2D eigenvalue weighted by Crippen LogP contribution is -2.08. The second-order valence-electron chi connectivity index (χ2n) is 4.77. The lowest BCUT2D eigenvalue weighted by Gasteiger charge is -2.21. The summed E-state index contributed by atoms with van der Waals surface area (Å²) in [5.74, 6) is 1.69. The lowest BCUT2D eigenvalue weighted by molar-refractivity contribution is 0.338. The molecule has 88 valence electrons. The second kappa shape index (κ2) is 5.62. The third kappa shape index (κ3) is 3.44. The maximum atomic E-state index is 5.92. The van der Waals surface area contributed by atoms with Gasteiger partial charge < -0.3 is 0 Å². The molecule has 0 saturated heterocycles. The summed E-state index contributed by atoms with van der Waals surface area (Å²) in [6, 6.07) is 1.90. The normalized spacial score (nSPS) is 17.6. The smallest absolute Gasteiger partial charge is 0.133 e. The van der Waals surface area contributed by atoms with E-state index in [2.05, 4.69) is 9.97 Å². The van der Waals surface area contributed by atoms with Crippen LogP contribution in [0.5, 0.6) is 0 Å². The Balaban J connectivity index is 1.88. The van der Waals surface area contributed by atoms with Crippen LogP contribution in [-0.2, 0) is 6.42 Å². The molecule has 1 fully saturated rings. The predicted molar refractivity (Wildman–Crippen MR) is 66.7 cm³/mol. The summed E-state index contributed by atoms with van der Waals surface area (Å²) in [5.41, 5.74) is 1.10. The first-order valence-electron chi connectivity index (χ1n) is 6.24. The van der Waals surface area contributed by atoms with Crippen LogP contribution in [0.25, 0.3) is 0 Å². The van der Waals surface area contributed by atoms with Crippen LogP contribution in [0.4, 0.5) is 0 Å². The van der Waals surface area contributed by atoms with Crippen LogP contribution in [0.15, 0.2) is 6.07 Å². The topological polar surface area (TPSA) is 25.8 Å². The van der Waals surface area contributed by atoms with Crippen molar-refractivity contribution in [3.63, 3.8) is 0 Å². The molecule has 1 saturated carbocycles. The van der Waals surface area contributed by atoms with E-state index >= 15 is 0 Å². The standard InChI is InChI=1S/C13H19ClN2/c1-10-15-12(9-13(14)16-10)8-7-11-5-3-2-4-6-11/h9,11H,2-8H2,1H3. The van der Waals surface area contributed by atoms with Crippen molar-refractivity contribution in [1.82, 2.24) is 9.97 Å². The molecule has 0 aliphatic heterocycles. The zero-order valence-electron chi connectivity index (χ0n) is 9.88. The summed E-state index contributed by atoms with van der Waals surface area (Å²) in [6.45, 7) is 1.90. The first kappa shape index (κ1) is 11.8. The monoisotopic (exact) mass is 238 g/mol. The second-order valence-corrected chi connectivity index (χ2v) is 5.16. The van der Waals surface area contributed by atoms with E-state index in [1.54, 1.807) is 0 Å². The molecule has 0 bridgehead atoms. The van der Waals surface area contributed by atoms with E-state index in [0.717, 1.165) is 23.9 Å². The highest BCUT2D eigenvalue weighted by atomic mass is 35.5. The predicted octanol–water partition coefficient (Wildman–Crippen LogP) is 3.95. The molecule has 1 aromatic rings. The average molecular weight is 239 g/mol. The minimum absolute atomic E-state index is 0.575. The summed E-state index contributed by atoms with van der Waals surface area (Å²) < 4.78 is 0. The fourth-order valence-electron chi connectivity index (χ4n) is 2.55. The Kier molecular flexibility index (Phi) is 4.16. The Labute approximate surface area is 102 Å². The summed E-state index contributed by atoms with van der Waals surface area (Å²) in [5, 5.41) is 0.575. The van der Waals surface area contributed by atoms with Gasteiger partial charge in [-0.25, -0.2) is 9.97 Å². The number of halogens is 1. The van der Waals surface area contributed by atoms with Crippen molar-refractivity contribution in [3.8, 4) is 0 Å². The highest BCUT2D eigenvalue weighted by molar-refractivity contribution is 6.29. The highest BCUT2D eigenvalue weighted by Gasteiger charge is 2.13. The van der Waals surface area contributed by atoms with E-state index in [0.29, 0.717) is 5.15 Å². The van der Waals surface area contributed by atoms with Crippen molar-refractivity contribution < 1.29 is 0 Å². The molecule has 3 heteroatoms. The minimum Gasteiger partial charge on any atom is -0.238 e. The van der Waals surface area contributed by atoms with Gasteiger partial charge in [-0.1, -0.05) is 43.7 Å². The Morgan fingerprint density at radius 1 is 1.25 bits per heavy atom. The Hall–Kier alpha value is -0.630. The lowest BCUT2D eigenvalue weighted by atomic mass is 9.86. The van der Waals surface area contributed by atoms with E-state index in [1.165, 1.54) is 38.5 Å². The maximum Gasteiger partial charge on any atom is 0.133 e. The van der Waals surface area contributed by atoms with Gasteiger partial charge >= 0.3 is 0 Å². The molecule has 0 spiro atoms. The SMILES string of the molecule is Cc1nc(Cl)cc(CCC2CCCCC2)n1. The molecule has 1 aliphatic rings. The van der Waals surface area contributed by atoms with Crippen molar-refractivity contribution in [1.29, 1.82) is 0 Å². The Morgan fingerprint density at radius 2 is 2.00 bits per heavy atom. The molecule has 1 heterocycles. The van der Waals surface area contributed by atoms with Gasteiger partial charge in [0.15, 0.2) is 0 Å². The molecule has 0 N–H and O–H groups in total. The number of hydrogen-bond donors (Lipinski definition) is 0. The van der Waals surface area contributed by atoms with E-state index < -0.39 is 0 Å². The van der Waals surface area contributed by atoms with Crippen LogP contribution in [-0.4, -0.2) is 9.97 Å². The first-order valence-corrected chi connectivity index (χ1v) is 6.62. The van der Waals surface area contributed by atoms with Gasteiger partial charge in [0.2, 0.25) is 0 Å². The third-order valence-corrected chi connectivity index (χ3v) is 3.59. The molecule has 16 heavy (non-hydrogen) atoms. The van der Waals surface area contributed by atoms with E-state index in [-0.39, 0.29) is 0 Å². The molecule has 0 atom stereocenters. The molecule has 0 amide bonds. The molecular formula is C13H19ClN2. The fraction of sp³-hybridized carbons (Fsp3) is 0.692. The van der Waals surface area contributed by atoms with Crippen LogP contribution < -0.4 is 0 Å². The third-order valence-electron chi connectivity index (χ3n) is 3.39. The Bertz CT molecular complexity index is 326. The molecule has 0 radical (unpaired) electrons. The molecular weight excluding hydrogens is 220 g/mol. The number of aromatic nitrogens is 2. The van der Waals surface area contributed by atoms with Gasteiger partial charge in [0.05, 0.1) is 0 Å². The molecule has 2 nitrogen and oxygen atoms in total. The van der Waals surface area contributed by atoms with Crippen molar-refractivity contribution >= 4 is 11.6 Å². The van der Waals surface area contributed by atoms with Gasteiger partial charge in [0.25, 0.3) is 0 Å². The van der Waals surface area contributed by atoms with Crippen molar-refractivity contribution in [2.45, 2.75) is 51.9 Å². The van der Waals surface area contributed by atoms with Gasteiger partial charge in [-0.3, -0.25) is 0 Å². The number of aryl methyl sites for hydroxylation is 2. The molecule has 0 aromatic carbocycles. The summed E-state index contributed by atoms with van der Waals surface area (Å²) in [7, 11) is 0. The quantitative estimate of drug-likeness (QED) is 0.746. The number of rotatable bonds is 3. The van der Waals surface area contributed by atoms with Crippen LogP contribution in [0, 0.1) is 12.8 Å². The number of hydrogen-bond acceptors (Lipinski definition) is 2. The minimum atomic E-state index is 0.575. The summed E-state index contributed by atoms with van der Waals surface area (Å²) in [4.78, 5) is 8.51. The zero-order chi connectivity index (χ0) is 11.4. The van der Waals surface area contributed by atoms with Gasteiger partial charge in [-0.2, -0.15) is 0 Å². The maximum absolute atomic E-state index is 5.92. The van der Waals surface area contributed by atoms with Gasteiger partial charge in [-0.05, 0) is 31.7 Å². The van der Waals surface area contributed by atoms with E-state index in [9.17, 15) is 0 Å². The van der Waals surface area contributed by atoms with Crippen molar-refractivity contribution in [2.24, 2.45) is 5.92 Å². The fourth-order valence-corrected chi connectivity index (χ4v) is 2.79. The Morgan fingerprint density at radius 3 is 2.69 bits per heavy atom.